The predicted octanol–water partition coefficient (Wildman–Crippen LogP) is -0.266. The summed E-state index contributed by atoms with van der Waals surface area (Å²) in [4.78, 5) is 23.0. The number of nitrogens with zero attached hydrogens (tertiary/aromatic N) is 1. The van der Waals surface area contributed by atoms with Crippen molar-refractivity contribution in [1.82, 2.24) is 9.88 Å². The minimum Gasteiger partial charge on any atom is -0.354 e. The molecular weight excluding hydrogens is 224 g/mol. The molecular formula is C11H16N2O4. The summed E-state index contributed by atoms with van der Waals surface area (Å²) in [6, 6.07) is 2.86. The van der Waals surface area contributed by atoms with Crippen molar-refractivity contribution in [1.29, 1.82) is 0 Å². The first-order chi connectivity index (χ1) is 8.08. The van der Waals surface area contributed by atoms with E-state index < -0.39 is 6.29 Å². The van der Waals surface area contributed by atoms with Crippen LogP contribution in [0, 0.1) is 0 Å². The number of nitrogens with one attached hydrogen (secondary N) is 1. The second-order valence-electron chi connectivity index (χ2n) is 3.48. The number of aryl methyl sites for hydroxylation is 1. The van der Waals surface area contributed by atoms with Gasteiger partial charge in [0, 0.05) is 39.1 Å². The first kappa shape index (κ1) is 13.4. The third kappa shape index (κ3) is 3.69. The minimum absolute atomic E-state index is 0.223. The molecule has 1 aromatic heterocycles. The first-order valence-electron chi connectivity index (χ1n) is 5.09. The number of carbonyl (C=O) groups is 1. The number of rotatable bonds is 5. The zero-order valence-corrected chi connectivity index (χ0v) is 10.1. The normalized spacial score (nSPS) is 10.6. The number of pyridine rings is 1. The SMILES string of the molecule is COC(CNC(=O)c1ccn(C)c(=O)c1)OC. The number of carbonyl (C=O) groups excluding carboxylic acids is 1. The van der Waals surface area contributed by atoms with Gasteiger partial charge in [-0.1, -0.05) is 0 Å². The Morgan fingerprint density at radius 3 is 2.65 bits per heavy atom. The molecule has 94 valence electrons. The van der Waals surface area contributed by atoms with Gasteiger partial charge in [-0.25, -0.2) is 0 Å². The van der Waals surface area contributed by atoms with Crippen LogP contribution in [0.25, 0.3) is 0 Å². The molecule has 0 atom stereocenters. The molecule has 1 N–H and O–H groups in total. The van der Waals surface area contributed by atoms with Gasteiger partial charge in [-0.3, -0.25) is 9.59 Å². The number of methoxy groups -OCH3 is 2. The number of ether oxygens (including phenoxy) is 2. The Morgan fingerprint density at radius 2 is 2.12 bits per heavy atom. The van der Waals surface area contributed by atoms with Crippen LogP contribution < -0.4 is 10.9 Å². The number of hydrogen-bond donors (Lipinski definition) is 1. The van der Waals surface area contributed by atoms with E-state index in [4.69, 9.17) is 9.47 Å². The first-order valence-corrected chi connectivity index (χ1v) is 5.09. The van der Waals surface area contributed by atoms with Crippen LogP contribution in [-0.4, -0.2) is 37.5 Å². The van der Waals surface area contributed by atoms with Crippen LogP contribution in [0.2, 0.25) is 0 Å². The van der Waals surface area contributed by atoms with Gasteiger partial charge in [0.1, 0.15) is 0 Å². The molecule has 1 rings (SSSR count). The quantitative estimate of drug-likeness (QED) is 0.719. The number of hydrogen-bond acceptors (Lipinski definition) is 4. The van der Waals surface area contributed by atoms with Crippen molar-refractivity contribution in [2.24, 2.45) is 7.05 Å². The van der Waals surface area contributed by atoms with Crippen LogP contribution in [0.1, 0.15) is 10.4 Å². The van der Waals surface area contributed by atoms with E-state index in [0.29, 0.717) is 5.56 Å². The zero-order valence-electron chi connectivity index (χ0n) is 10.1. The summed E-state index contributed by atoms with van der Waals surface area (Å²) in [6.07, 6.45) is 1.05. The predicted molar refractivity (Wildman–Crippen MR) is 61.8 cm³/mol. The van der Waals surface area contributed by atoms with Gasteiger partial charge in [0.2, 0.25) is 0 Å². The van der Waals surface area contributed by atoms with Gasteiger partial charge in [0.05, 0.1) is 6.54 Å². The van der Waals surface area contributed by atoms with Crippen LogP contribution in [0.3, 0.4) is 0 Å². The lowest BCUT2D eigenvalue weighted by molar-refractivity contribution is -0.0974. The molecule has 0 aliphatic heterocycles. The highest BCUT2D eigenvalue weighted by molar-refractivity contribution is 5.93. The summed E-state index contributed by atoms with van der Waals surface area (Å²) < 4.78 is 11.2. The van der Waals surface area contributed by atoms with Crippen molar-refractivity contribution in [2.75, 3.05) is 20.8 Å². The maximum Gasteiger partial charge on any atom is 0.251 e. The summed E-state index contributed by atoms with van der Waals surface area (Å²) in [5, 5.41) is 2.61. The topological polar surface area (TPSA) is 69.6 Å². The van der Waals surface area contributed by atoms with Gasteiger partial charge in [0.15, 0.2) is 6.29 Å². The van der Waals surface area contributed by atoms with E-state index >= 15 is 0 Å². The molecule has 0 spiro atoms. The third-order valence-electron chi connectivity index (χ3n) is 2.32. The van der Waals surface area contributed by atoms with Crippen LogP contribution in [-0.2, 0) is 16.5 Å². The van der Waals surface area contributed by atoms with E-state index in [-0.39, 0.29) is 18.0 Å². The van der Waals surface area contributed by atoms with E-state index in [1.807, 2.05) is 0 Å². The third-order valence-corrected chi connectivity index (χ3v) is 2.32. The van der Waals surface area contributed by atoms with Gasteiger partial charge in [-0.05, 0) is 6.07 Å². The molecule has 0 saturated carbocycles. The average Bonchev–Trinajstić information content (AvgIpc) is 2.33. The number of amides is 1. The molecule has 0 aliphatic rings. The van der Waals surface area contributed by atoms with E-state index in [1.165, 1.54) is 24.9 Å². The highest BCUT2D eigenvalue weighted by Crippen LogP contribution is 1.95. The Kier molecular flexibility index (Phi) is 4.86. The van der Waals surface area contributed by atoms with Gasteiger partial charge in [-0.15, -0.1) is 0 Å². The van der Waals surface area contributed by atoms with Crippen LogP contribution in [0.15, 0.2) is 23.1 Å². The largest absolute Gasteiger partial charge is 0.354 e. The summed E-state index contributed by atoms with van der Waals surface area (Å²) in [5.41, 5.74) is 0.0896. The summed E-state index contributed by atoms with van der Waals surface area (Å²) in [6.45, 7) is 0.223. The fourth-order valence-corrected chi connectivity index (χ4v) is 1.23. The van der Waals surface area contributed by atoms with Crippen LogP contribution >= 0.6 is 0 Å². The van der Waals surface area contributed by atoms with Gasteiger partial charge < -0.3 is 19.4 Å². The minimum atomic E-state index is -0.495. The zero-order chi connectivity index (χ0) is 12.8. The van der Waals surface area contributed by atoms with Crippen molar-refractivity contribution >= 4 is 5.91 Å². The standard InChI is InChI=1S/C11H16N2O4/c1-13-5-4-8(6-9(13)14)11(15)12-7-10(16-2)17-3/h4-6,10H,7H2,1-3H3,(H,12,15). The molecule has 0 fully saturated rings. The summed E-state index contributed by atoms with van der Waals surface area (Å²) in [5.74, 6) is -0.332. The fraction of sp³-hybridized carbons (Fsp3) is 0.455. The van der Waals surface area contributed by atoms with Crippen molar-refractivity contribution in [2.45, 2.75) is 6.29 Å². The summed E-state index contributed by atoms with van der Waals surface area (Å²) >= 11 is 0. The van der Waals surface area contributed by atoms with E-state index in [2.05, 4.69) is 5.32 Å². The van der Waals surface area contributed by atoms with Gasteiger partial charge in [-0.2, -0.15) is 0 Å². The Morgan fingerprint density at radius 1 is 1.47 bits per heavy atom. The molecule has 0 aromatic carbocycles. The highest BCUT2D eigenvalue weighted by Gasteiger charge is 2.10. The molecule has 0 unspecified atom stereocenters. The Balaban J connectivity index is 2.64. The second-order valence-corrected chi connectivity index (χ2v) is 3.48. The molecule has 0 saturated heterocycles. The lowest BCUT2D eigenvalue weighted by Crippen LogP contribution is -2.34. The molecule has 0 radical (unpaired) electrons. The number of aromatic nitrogens is 1. The Hall–Kier alpha value is -1.66. The average molecular weight is 240 g/mol. The Bertz CT molecular complexity index is 437. The van der Waals surface area contributed by atoms with Crippen molar-refractivity contribution in [3.05, 3.63) is 34.2 Å². The molecule has 1 amide bonds. The van der Waals surface area contributed by atoms with Crippen molar-refractivity contribution < 1.29 is 14.3 Å². The van der Waals surface area contributed by atoms with E-state index in [9.17, 15) is 9.59 Å². The lowest BCUT2D eigenvalue weighted by atomic mass is 10.2. The van der Waals surface area contributed by atoms with Gasteiger partial charge in [0.25, 0.3) is 11.5 Å². The molecule has 6 nitrogen and oxygen atoms in total. The molecule has 1 heterocycles. The van der Waals surface area contributed by atoms with E-state index in [0.717, 1.165) is 0 Å². The smallest absolute Gasteiger partial charge is 0.251 e. The molecule has 17 heavy (non-hydrogen) atoms. The second kappa shape index (κ2) is 6.17. The van der Waals surface area contributed by atoms with Crippen molar-refractivity contribution in [3.63, 3.8) is 0 Å². The van der Waals surface area contributed by atoms with Crippen LogP contribution in [0.4, 0.5) is 0 Å². The van der Waals surface area contributed by atoms with E-state index in [1.54, 1.807) is 19.3 Å². The molecule has 1 aromatic rings. The fourth-order valence-electron chi connectivity index (χ4n) is 1.23. The van der Waals surface area contributed by atoms with Crippen molar-refractivity contribution in [3.8, 4) is 0 Å². The highest BCUT2D eigenvalue weighted by atomic mass is 16.7. The lowest BCUT2D eigenvalue weighted by Gasteiger charge is -2.13. The maximum atomic E-state index is 11.7. The van der Waals surface area contributed by atoms with Gasteiger partial charge >= 0.3 is 0 Å². The Labute approximate surface area is 99.2 Å². The maximum absolute atomic E-state index is 11.7. The summed E-state index contributed by atoms with van der Waals surface area (Å²) in [7, 11) is 4.59. The molecule has 6 heteroatoms. The van der Waals surface area contributed by atoms with Crippen LogP contribution in [0.5, 0.6) is 0 Å². The molecule has 0 bridgehead atoms. The monoisotopic (exact) mass is 240 g/mol. The molecule has 0 aliphatic carbocycles.